The van der Waals surface area contributed by atoms with Gasteiger partial charge in [0.1, 0.15) is 0 Å². The van der Waals surface area contributed by atoms with Crippen LogP contribution in [0.5, 0.6) is 0 Å². The van der Waals surface area contributed by atoms with Gasteiger partial charge in [0.25, 0.3) is 0 Å². The Morgan fingerprint density at radius 1 is 1.35 bits per heavy atom. The lowest BCUT2D eigenvalue weighted by Gasteiger charge is -2.28. The standard InChI is InChI=1S/C14H27N3/c1-6-17-8-7-13(10-17)9-15-11-14(2,3)12-16(4)5/h7-8,10,15H,6,9,11-12H2,1-5H3. The summed E-state index contributed by atoms with van der Waals surface area (Å²) in [5, 5.41) is 3.54. The number of hydrogen-bond acceptors (Lipinski definition) is 2. The first-order valence-corrected chi connectivity index (χ1v) is 6.43. The second-order valence-electron chi connectivity index (χ2n) is 5.86. The van der Waals surface area contributed by atoms with Crippen molar-refractivity contribution in [1.82, 2.24) is 14.8 Å². The Balaban J connectivity index is 2.31. The average molecular weight is 237 g/mol. The molecule has 1 rings (SSSR count). The zero-order valence-electron chi connectivity index (χ0n) is 12.0. The van der Waals surface area contributed by atoms with Crippen LogP contribution in [0.1, 0.15) is 26.3 Å². The van der Waals surface area contributed by atoms with E-state index in [4.69, 9.17) is 0 Å². The molecule has 0 aliphatic heterocycles. The average Bonchev–Trinajstić information content (AvgIpc) is 2.63. The number of hydrogen-bond donors (Lipinski definition) is 1. The highest BCUT2D eigenvalue weighted by Gasteiger charge is 2.17. The van der Waals surface area contributed by atoms with E-state index in [9.17, 15) is 0 Å². The van der Waals surface area contributed by atoms with Crippen molar-refractivity contribution in [3.8, 4) is 0 Å². The van der Waals surface area contributed by atoms with Crippen LogP contribution in [0.4, 0.5) is 0 Å². The molecule has 1 N–H and O–H groups in total. The molecular formula is C14H27N3. The normalized spacial score (nSPS) is 12.4. The van der Waals surface area contributed by atoms with E-state index in [-0.39, 0.29) is 0 Å². The molecule has 0 aromatic carbocycles. The molecule has 0 amide bonds. The Bertz CT molecular complexity index is 326. The number of aromatic nitrogens is 1. The Labute approximate surface area is 106 Å². The Hall–Kier alpha value is -0.800. The predicted molar refractivity (Wildman–Crippen MR) is 74.1 cm³/mol. The molecule has 0 saturated carbocycles. The van der Waals surface area contributed by atoms with Crippen LogP contribution in [-0.4, -0.2) is 36.7 Å². The van der Waals surface area contributed by atoms with Gasteiger partial charge in [-0.1, -0.05) is 13.8 Å². The summed E-state index contributed by atoms with van der Waals surface area (Å²) in [6.07, 6.45) is 4.36. The first kappa shape index (κ1) is 14.3. The molecule has 0 saturated heterocycles. The van der Waals surface area contributed by atoms with Crippen molar-refractivity contribution >= 4 is 0 Å². The summed E-state index contributed by atoms with van der Waals surface area (Å²) in [5.74, 6) is 0. The van der Waals surface area contributed by atoms with Crippen molar-refractivity contribution < 1.29 is 0 Å². The molecule has 0 radical (unpaired) electrons. The number of nitrogens with one attached hydrogen (secondary N) is 1. The summed E-state index contributed by atoms with van der Waals surface area (Å²) in [6.45, 7) is 10.9. The summed E-state index contributed by atoms with van der Waals surface area (Å²) in [5.41, 5.74) is 1.68. The van der Waals surface area contributed by atoms with Crippen molar-refractivity contribution in [1.29, 1.82) is 0 Å². The van der Waals surface area contributed by atoms with E-state index in [1.54, 1.807) is 0 Å². The highest BCUT2D eigenvalue weighted by molar-refractivity contribution is 5.09. The van der Waals surface area contributed by atoms with E-state index in [2.05, 4.69) is 68.1 Å². The second kappa shape index (κ2) is 6.22. The van der Waals surface area contributed by atoms with Crippen molar-refractivity contribution in [3.63, 3.8) is 0 Å². The largest absolute Gasteiger partial charge is 0.354 e. The SMILES string of the molecule is CCn1ccc(CNCC(C)(C)CN(C)C)c1. The van der Waals surface area contributed by atoms with Gasteiger partial charge in [-0.3, -0.25) is 0 Å². The van der Waals surface area contributed by atoms with Gasteiger partial charge in [0, 0.05) is 38.6 Å². The van der Waals surface area contributed by atoms with Crippen LogP contribution < -0.4 is 5.32 Å². The molecule has 0 unspecified atom stereocenters. The molecular weight excluding hydrogens is 210 g/mol. The van der Waals surface area contributed by atoms with Gasteiger partial charge in [-0.25, -0.2) is 0 Å². The van der Waals surface area contributed by atoms with Gasteiger partial charge in [0.15, 0.2) is 0 Å². The third-order valence-corrected chi connectivity index (χ3v) is 2.85. The minimum absolute atomic E-state index is 0.316. The summed E-state index contributed by atoms with van der Waals surface area (Å²) in [7, 11) is 4.26. The lowest BCUT2D eigenvalue weighted by molar-refractivity contribution is 0.232. The molecule has 0 spiro atoms. The van der Waals surface area contributed by atoms with E-state index >= 15 is 0 Å². The van der Waals surface area contributed by atoms with Crippen molar-refractivity contribution in [2.45, 2.75) is 33.9 Å². The van der Waals surface area contributed by atoms with Gasteiger partial charge in [0.05, 0.1) is 0 Å². The van der Waals surface area contributed by atoms with Gasteiger partial charge in [-0.05, 0) is 38.1 Å². The van der Waals surface area contributed by atoms with Crippen molar-refractivity contribution in [3.05, 3.63) is 24.0 Å². The molecule has 1 aromatic heterocycles. The van der Waals surface area contributed by atoms with Crippen LogP contribution in [0.3, 0.4) is 0 Å². The maximum Gasteiger partial charge on any atom is 0.0220 e. The molecule has 98 valence electrons. The molecule has 3 heteroatoms. The van der Waals surface area contributed by atoms with Gasteiger partial charge < -0.3 is 14.8 Å². The Morgan fingerprint density at radius 3 is 2.59 bits per heavy atom. The highest BCUT2D eigenvalue weighted by atomic mass is 15.1. The zero-order valence-corrected chi connectivity index (χ0v) is 12.0. The summed E-state index contributed by atoms with van der Waals surface area (Å²) in [6, 6.07) is 2.19. The van der Waals surface area contributed by atoms with Crippen LogP contribution in [0.2, 0.25) is 0 Å². The molecule has 0 aliphatic carbocycles. The van der Waals surface area contributed by atoms with E-state index in [1.165, 1.54) is 5.56 Å². The Morgan fingerprint density at radius 2 is 2.06 bits per heavy atom. The van der Waals surface area contributed by atoms with Gasteiger partial charge in [0.2, 0.25) is 0 Å². The van der Waals surface area contributed by atoms with Gasteiger partial charge >= 0.3 is 0 Å². The molecule has 0 fully saturated rings. The molecule has 3 nitrogen and oxygen atoms in total. The minimum Gasteiger partial charge on any atom is -0.354 e. The molecule has 17 heavy (non-hydrogen) atoms. The third-order valence-electron chi connectivity index (χ3n) is 2.85. The fraction of sp³-hybridized carbons (Fsp3) is 0.714. The van der Waals surface area contributed by atoms with Crippen molar-refractivity contribution in [2.24, 2.45) is 5.41 Å². The van der Waals surface area contributed by atoms with Crippen LogP contribution in [0.25, 0.3) is 0 Å². The van der Waals surface area contributed by atoms with E-state index in [0.717, 1.165) is 26.2 Å². The predicted octanol–water partition coefficient (Wildman–Crippen LogP) is 2.19. The van der Waals surface area contributed by atoms with E-state index < -0.39 is 0 Å². The van der Waals surface area contributed by atoms with Crippen LogP contribution in [-0.2, 0) is 13.1 Å². The van der Waals surface area contributed by atoms with Gasteiger partial charge in [-0.15, -0.1) is 0 Å². The molecule has 1 heterocycles. The lowest BCUT2D eigenvalue weighted by atomic mass is 9.93. The summed E-state index contributed by atoms with van der Waals surface area (Å²) < 4.78 is 2.21. The fourth-order valence-electron chi connectivity index (χ4n) is 2.25. The van der Waals surface area contributed by atoms with E-state index in [0.29, 0.717) is 5.41 Å². The smallest absolute Gasteiger partial charge is 0.0220 e. The van der Waals surface area contributed by atoms with Gasteiger partial charge in [-0.2, -0.15) is 0 Å². The topological polar surface area (TPSA) is 20.2 Å². The quantitative estimate of drug-likeness (QED) is 0.784. The Kier molecular flexibility index (Phi) is 5.22. The lowest BCUT2D eigenvalue weighted by Crippen LogP contribution is -2.37. The fourth-order valence-corrected chi connectivity index (χ4v) is 2.25. The summed E-state index contributed by atoms with van der Waals surface area (Å²) in [4.78, 5) is 2.25. The molecule has 0 aliphatic rings. The first-order valence-electron chi connectivity index (χ1n) is 6.43. The van der Waals surface area contributed by atoms with Crippen LogP contribution in [0, 0.1) is 5.41 Å². The monoisotopic (exact) mass is 237 g/mol. The van der Waals surface area contributed by atoms with Crippen LogP contribution >= 0.6 is 0 Å². The third kappa shape index (κ3) is 5.37. The number of rotatable bonds is 7. The molecule has 0 bridgehead atoms. The second-order valence-corrected chi connectivity index (χ2v) is 5.86. The summed E-state index contributed by atoms with van der Waals surface area (Å²) >= 11 is 0. The maximum absolute atomic E-state index is 3.54. The molecule has 0 atom stereocenters. The highest BCUT2D eigenvalue weighted by Crippen LogP contribution is 2.14. The number of aryl methyl sites for hydroxylation is 1. The first-order chi connectivity index (χ1) is 7.93. The maximum atomic E-state index is 3.54. The van der Waals surface area contributed by atoms with Crippen molar-refractivity contribution in [2.75, 3.05) is 27.2 Å². The van der Waals surface area contributed by atoms with E-state index in [1.807, 2.05) is 0 Å². The van der Waals surface area contributed by atoms with Crippen LogP contribution in [0.15, 0.2) is 18.5 Å². The minimum atomic E-state index is 0.316. The zero-order chi connectivity index (χ0) is 12.9. The number of nitrogens with zero attached hydrogens (tertiary/aromatic N) is 2. The molecule has 1 aromatic rings.